The summed E-state index contributed by atoms with van der Waals surface area (Å²) in [5, 5.41) is 0. The maximum Gasteiger partial charge on any atom is 0.209 e. The fraction of sp³-hybridized carbons (Fsp3) is 0.667. The van der Waals surface area contributed by atoms with Crippen molar-refractivity contribution in [3.8, 4) is 0 Å². The molecule has 2 atom stereocenters. The average Bonchev–Trinajstić information content (AvgIpc) is 2.72. The first-order valence-electron chi connectivity index (χ1n) is 6.35. The Kier molecular flexibility index (Phi) is 4.05. The number of hydrogen-bond acceptors (Lipinski definition) is 5. The van der Waals surface area contributed by atoms with E-state index in [1.807, 2.05) is 0 Å². The minimum Gasteiger partial charge on any atom is -0.353 e. The molecule has 0 unspecified atom stereocenters. The van der Waals surface area contributed by atoms with Crippen LogP contribution in [-0.2, 0) is 10.0 Å². The lowest BCUT2D eigenvalue weighted by molar-refractivity contribution is 0.365. The van der Waals surface area contributed by atoms with Crippen molar-refractivity contribution in [1.29, 1.82) is 0 Å². The van der Waals surface area contributed by atoms with E-state index in [1.165, 1.54) is 6.26 Å². The van der Waals surface area contributed by atoms with Gasteiger partial charge in [-0.25, -0.2) is 18.1 Å². The first-order chi connectivity index (χ1) is 8.87. The lowest BCUT2D eigenvalue weighted by Crippen LogP contribution is -2.41. The van der Waals surface area contributed by atoms with Gasteiger partial charge in [-0.3, -0.25) is 4.98 Å². The molecule has 2 rings (SSSR count). The normalized spacial score (nSPS) is 24.1. The topological polar surface area (TPSA) is 75.2 Å². The third-order valence-corrected chi connectivity index (χ3v) is 4.19. The van der Waals surface area contributed by atoms with E-state index in [0.717, 1.165) is 12.4 Å². The van der Waals surface area contributed by atoms with Crippen molar-refractivity contribution in [3.05, 3.63) is 18.6 Å². The Bertz CT molecular complexity index is 518. The van der Waals surface area contributed by atoms with Crippen LogP contribution < -0.4 is 9.62 Å². The Balaban J connectivity index is 2.16. The third kappa shape index (κ3) is 3.63. The smallest absolute Gasteiger partial charge is 0.209 e. The average molecular weight is 284 g/mol. The maximum absolute atomic E-state index is 11.4. The molecule has 0 spiro atoms. The van der Waals surface area contributed by atoms with Crippen molar-refractivity contribution < 1.29 is 8.42 Å². The summed E-state index contributed by atoms with van der Waals surface area (Å²) in [6, 6.07) is -0.0722. The molecule has 0 amide bonds. The Morgan fingerprint density at radius 1 is 1.37 bits per heavy atom. The van der Waals surface area contributed by atoms with Crippen molar-refractivity contribution in [3.63, 3.8) is 0 Å². The van der Waals surface area contributed by atoms with Crippen LogP contribution in [0.5, 0.6) is 0 Å². The lowest BCUT2D eigenvalue weighted by Gasteiger charge is -2.21. The number of rotatable bonds is 4. The number of nitrogens with zero attached hydrogens (tertiary/aromatic N) is 3. The SMILES string of the molecule is CC(C)[C@@H]1CN(c2cnccn2)C[C@H]1NS(C)(=O)=O. The number of aromatic nitrogens is 2. The predicted molar refractivity (Wildman–Crippen MR) is 74.3 cm³/mol. The highest BCUT2D eigenvalue weighted by Gasteiger charge is 2.36. The van der Waals surface area contributed by atoms with Crippen molar-refractivity contribution in [2.75, 3.05) is 24.2 Å². The van der Waals surface area contributed by atoms with Crippen LogP contribution >= 0.6 is 0 Å². The van der Waals surface area contributed by atoms with Gasteiger partial charge in [0, 0.05) is 31.5 Å². The van der Waals surface area contributed by atoms with Crippen molar-refractivity contribution in [1.82, 2.24) is 14.7 Å². The summed E-state index contributed by atoms with van der Waals surface area (Å²) < 4.78 is 25.6. The van der Waals surface area contributed by atoms with E-state index in [1.54, 1.807) is 18.6 Å². The molecule has 1 aromatic rings. The first-order valence-corrected chi connectivity index (χ1v) is 8.24. The van der Waals surface area contributed by atoms with E-state index in [-0.39, 0.29) is 12.0 Å². The van der Waals surface area contributed by atoms with Crippen LogP contribution in [0.15, 0.2) is 18.6 Å². The molecule has 0 radical (unpaired) electrons. The van der Waals surface area contributed by atoms with Gasteiger partial charge in [0.2, 0.25) is 10.0 Å². The summed E-state index contributed by atoms with van der Waals surface area (Å²) in [6.07, 6.45) is 6.19. The minimum absolute atomic E-state index is 0.0722. The molecule has 19 heavy (non-hydrogen) atoms. The molecule has 2 heterocycles. The summed E-state index contributed by atoms with van der Waals surface area (Å²) in [4.78, 5) is 10.4. The van der Waals surface area contributed by atoms with E-state index in [2.05, 4.69) is 33.4 Å². The molecule has 1 aliphatic heterocycles. The number of nitrogens with one attached hydrogen (secondary N) is 1. The van der Waals surface area contributed by atoms with Gasteiger partial charge < -0.3 is 4.90 Å². The molecule has 0 bridgehead atoms. The Morgan fingerprint density at radius 2 is 2.11 bits per heavy atom. The molecular formula is C12H20N4O2S. The van der Waals surface area contributed by atoms with Gasteiger partial charge in [-0.05, 0) is 11.8 Å². The predicted octanol–water partition coefficient (Wildman–Crippen LogP) is 0.487. The van der Waals surface area contributed by atoms with Crippen LogP contribution in [0.3, 0.4) is 0 Å². The number of anilines is 1. The van der Waals surface area contributed by atoms with Crippen LogP contribution in [0, 0.1) is 11.8 Å². The summed E-state index contributed by atoms with van der Waals surface area (Å²) in [6.45, 7) is 5.65. The minimum atomic E-state index is -3.19. The van der Waals surface area contributed by atoms with Gasteiger partial charge in [0.05, 0.1) is 12.5 Å². The zero-order valence-corrected chi connectivity index (χ0v) is 12.3. The van der Waals surface area contributed by atoms with Crippen molar-refractivity contribution in [2.24, 2.45) is 11.8 Å². The van der Waals surface area contributed by atoms with Gasteiger partial charge in [0.1, 0.15) is 5.82 Å². The zero-order chi connectivity index (χ0) is 14.0. The van der Waals surface area contributed by atoms with Gasteiger partial charge in [0.15, 0.2) is 0 Å². The van der Waals surface area contributed by atoms with Crippen LogP contribution in [0.1, 0.15) is 13.8 Å². The Hall–Kier alpha value is -1.21. The summed E-state index contributed by atoms with van der Waals surface area (Å²) in [5.41, 5.74) is 0. The quantitative estimate of drug-likeness (QED) is 0.870. The third-order valence-electron chi connectivity index (χ3n) is 3.46. The second kappa shape index (κ2) is 5.42. The molecule has 1 aliphatic rings. The van der Waals surface area contributed by atoms with Crippen LogP contribution in [0.4, 0.5) is 5.82 Å². The molecule has 6 nitrogen and oxygen atoms in total. The van der Waals surface area contributed by atoms with Gasteiger partial charge in [-0.1, -0.05) is 13.8 Å². The summed E-state index contributed by atoms with van der Waals surface area (Å²) in [7, 11) is -3.19. The van der Waals surface area contributed by atoms with Crippen molar-refractivity contribution in [2.45, 2.75) is 19.9 Å². The molecule has 1 aromatic heterocycles. The molecule has 1 fully saturated rings. The molecule has 0 saturated carbocycles. The van der Waals surface area contributed by atoms with E-state index >= 15 is 0 Å². The fourth-order valence-corrected chi connectivity index (χ4v) is 3.35. The van der Waals surface area contributed by atoms with E-state index < -0.39 is 10.0 Å². The summed E-state index contributed by atoms with van der Waals surface area (Å²) in [5.74, 6) is 1.48. The molecule has 0 aromatic carbocycles. The van der Waals surface area contributed by atoms with Crippen LogP contribution in [-0.4, -0.2) is 43.8 Å². The molecule has 0 aliphatic carbocycles. The Labute approximate surface area is 114 Å². The van der Waals surface area contributed by atoms with Gasteiger partial charge >= 0.3 is 0 Å². The standard InChI is InChI=1S/C12H20N4O2S/c1-9(2)10-7-16(12-6-13-4-5-14-12)8-11(10)15-19(3,17)18/h4-6,9-11,15H,7-8H2,1-3H3/t10-,11+/m0/s1. The second-order valence-electron chi connectivity index (χ2n) is 5.37. The molecular weight excluding hydrogens is 264 g/mol. The molecule has 106 valence electrons. The molecule has 1 N–H and O–H groups in total. The van der Waals surface area contributed by atoms with Gasteiger partial charge in [0.25, 0.3) is 0 Å². The van der Waals surface area contributed by atoms with Crippen LogP contribution in [0.2, 0.25) is 0 Å². The zero-order valence-electron chi connectivity index (χ0n) is 11.4. The van der Waals surface area contributed by atoms with E-state index in [9.17, 15) is 8.42 Å². The lowest BCUT2D eigenvalue weighted by atomic mass is 9.92. The fourth-order valence-electron chi connectivity index (χ4n) is 2.55. The monoisotopic (exact) mass is 284 g/mol. The molecule has 7 heteroatoms. The molecule has 1 saturated heterocycles. The highest BCUT2D eigenvalue weighted by Crippen LogP contribution is 2.27. The highest BCUT2D eigenvalue weighted by atomic mass is 32.2. The van der Waals surface area contributed by atoms with Crippen molar-refractivity contribution >= 4 is 15.8 Å². The number of sulfonamides is 1. The second-order valence-corrected chi connectivity index (χ2v) is 7.15. The first kappa shape index (κ1) is 14.2. The van der Waals surface area contributed by atoms with Crippen LogP contribution in [0.25, 0.3) is 0 Å². The van der Waals surface area contributed by atoms with E-state index in [4.69, 9.17) is 0 Å². The Morgan fingerprint density at radius 3 is 2.63 bits per heavy atom. The van der Waals surface area contributed by atoms with E-state index in [0.29, 0.717) is 12.5 Å². The number of hydrogen-bond donors (Lipinski definition) is 1. The van der Waals surface area contributed by atoms with Gasteiger partial charge in [-0.2, -0.15) is 0 Å². The summed E-state index contributed by atoms with van der Waals surface area (Å²) >= 11 is 0. The highest BCUT2D eigenvalue weighted by molar-refractivity contribution is 7.88. The van der Waals surface area contributed by atoms with Gasteiger partial charge in [-0.15, -0.1) is 0 Å². The largest absolute Gasteiger partial charge is 0.353 e. The maximum atomic E-state index is 11.4.